The molecule has 15 heavy (non-hydrogen) atoms. The standard InChI is InChI=1S/C11H11NO3/c13-7-12-6-2-4-8-9(11(14)15)3-1-5-10(8)12/h1,3,5,7H,2,4,6H2,(H,14,15). The van der Waals surface area contributed by atoms with Gasteiger partial charge in [0.05, 0.1) is 5.56 Å². The molecule has 4 heteroatoms. The number of anilines is 1. The van der Waals surface area contributed by atoms with Crippen molar-refractivity contribution in [3.63, 3.8) is 0 Å². The Balaban J connectivity index is 2.55. The highest BCUT2D eigenvalue weighted by Crippen LogP contribution is 2.28. The average Bonchev–Trinajstić information content (AvgIpc) is 2.27. The van der Waals surface area contributed by atoms with E-state index in [0.717, 1.165) is 30.5 Å². The zero-order chi connectivity index (χ0) is 10.8. The first-order chi connectivity index (χ1) is 7.24. The van der Waals surface area contributed by atoms with E-state index < -0.39 is 5.97 Å². The van der Waals surface area contributed by atoms with Crippen LogP contribution in [0.2, 0.25) is 0 Å². The lowest BCUT2D eigenvalue weighted by Crippen LogP contribution is -2.28. The van der Waals surface area contributed by atoms with Crippen LogP contribution in [0.4, 0.5) is 5.69 Å². The van der Waals surface area contributed by atoms with Gasteiger partial charge in [0, 0.05) is 12.2 Å². The Labute approximate surface area is 87.1 Å². The number of hydrogen-bond donors (Lipinski definition) is 1. The summed E-state index contributed by atoms with van der Waals surface area (Å²) in [6.45, 7) is 0.666. The molecule has 1 N–H and O–H groups in total. The maximum atomic E-state index is 11.0. The molecule has 0 fully saturated rings. The minimum absolute atomic E-state index is 0.305. The summed E-state index contributed by atoms with van der Waals surface area (Å²) in [5.74, 6) is -0.931. The number of amides is 1. The first kappa shape index (κ1) is 9.71. The van der Waals surface area contributed by atoms with Crippen LogP contribution >= 0.6 is 0 Å². The summed E-state index contributed by atoms with van der Waals surface area (Å²) in [6, 6.07) is 5.04. The number of aromatic carboxylic acids is 1. The maximum Gasteiger partial charge on any atom is 0.336 e. The van der Waals surface area contributed by atoms with Crippen molar-refractivity contribution in [2.45, 2.75) is 12.8 Å². The van der Waals surface area contributed by atoms with Crippen molar-refractivity contribution < 1.29 is 14.7 Å². The Kier molecular flexibility index (Phi) is 2.41. The van der Waals surface area contributed by atoms with Gasteiger partial charge in [-0.15, -0.1) is 0 Å². The van der Waals surface area contributed by atoms with E-state index in [2.05, 4.69) is 0 Å². The molecular weight excluding hydrogens is 194 g/mol. The van der Waals surface area contributed by atoms with Gasteiger partial charge in [-0.05, 0) is 30.5 Å². The molecule has 0 bridgehead atoms. The van der Waals surface area contributed by atoms with Crippen molar-refractivity contribution in [2.75, 3.05) is 11.4 Å². The Morgan fingerprint density at radius 2 is 2.27 bits per heavy atom. The van der Waals surface area contributed by atoms with E-state index in [1.54, 1.807) is 23.1 Å². The van der Waals surface area contributed by atoms with Gasteiger partial charge in [-0.3, -0.25) is 4.79 Å². The van der Waals surface area contributed by atoms with Crippen molar-refractivity contribution in [3.05, 3.63) is 29.3 Å². The molecule has 1 aliphatic rings. The Hall–Kier alpha value is -1.84. The van der Waals surface area contributed by atoms with Crippen LogP contribution in [-0.4, -0.2) is 24.0 Å². The smallest absolute Gasteiger partial charge is 0.336 e. The highest BCUT2D eigenvalue weighted by molar-refractivity contribution is 5.93. The summed E-state index contributed by atoms with van der Waals surface area (Å²) in [7, 11) is 0. The molecule has 0 saturated heterocycles. The molecule has 0 spiro atoms. The third kappa shape index (κ3) is 1.58. The van der Waals surface area contributed by atoms with Gasteiger partial charge in [-0.25, -0.2) is 4.79 Å². The first-order valence-corrected chi connectivity index (χ1v) is 4.81. The SMILES string of the molecule is O=CN1CCCc2c(C(=O)O)cccc21. The summed E-state index contributed by atoms with van der Waals surface area (Å²) in [6.07, 6.45) is 2.29. The largest absolute Gasteiger partial charge is 0.478 e. The lowest BCUT2D eigenvalue weighted by atomic mass is 9.97. The molecule has 1 aliphatic heterocycles. The summed E-state index contributed by atoms with van der Waals surface area (Å²) in [5.41, 5.74) is 1.80. The molecule has 4 nitrogen and oxygen atoms in total. The molecule has 78 valence electrons. The van der Waals surface area contributed by atoms with Gasteiger partial charge in [0.2, 0.25) is 6.41 Å². The summed E-state index contributed by atoms with van der Waals surface area (Å²) < 4.78 is 0. The van der Waals surface area contributed by atoms with Gasteiger partial charge in [0.25, 0.3) is 0 Å². The van der Waals surface area contributed by atoms with Gasteiger partial charge in [-0.1, -0.05) is 6.07 Å². The van der Waals surface area contributed by atoms with Gasteiger partial charge < -0.3 is 10.0 Å². The molecule has 1 heterocycles. The van der Waals surface area contributed by atoms with Gasteiger partial charge in [-0.2, -0.15) is 0 Å². The van der Waals surface area contributed by atoms with Gasteiger partial charge in [0.1, 0.15) is 0 Å². The number of carbonyl (C=O) groups is 2. The Morgan fingerprint density at radius 3 is 2.93 bits per heavy atom. The summed E-state index contributed by atoms with van der Waals surface area (Å²) >= 11 is 0. The highest BCUT2D eigenvalue weighted by Gasteiger charge is 2.21. The number of fused-ring (bicyclic) bond motifs is 1. The van der Waals surface area contributed by atoms with Gasteiger partial charge in [0.15, 0.2) is 0 Å². The molecule has 0 aliphatic carbocycles. The third-order valence-corrected chi connectivity index (χ3v) is 2.64. The topological polar surface area (TPSA) is 57.6 Å². The second kappa shape index (κ2) is 3.73. The van der Waals surface area contributed by atoms with Crippen LogP contribution in [0.3, 0.4) is 0 Å². The number of nitrogens with zero attached hydrogens (tertiary/aromatic N) is 1. The molecule has 1 amide bonds. The lowest BCUT2D eigenvalue weighted by Gasteiger charge is -2.26. The van der Waals surface area contributed by atoms with E-state index in [1.165, 1.54) is 0 Å². The van der Waals surface area contributed by atoms with E-state index >= 15 is 0 Å². The third-order valence-electron chi connectivity index (χ3n) is 2.64. The Bertz CT molecular complexity index is 414. The van der Waals surface area contributed by atoms with Crippen LogP contribution in [0, 0.1) is 0 Å². The lowest BCUT2D eigenvalue weighted by molar-refractivity contribution is -0.107. The zero-order valence-electron chi connectivity index (χ0n) is 8.14. The fourth-order valence-electron chi connectivity index (χ4n) is 1.96. The maximum absolute atomic E-state index is 11.0. The summed E-state index contributed by atoms with van der Waals surface area (Å²) in [5, 5.41) is 8.99. The second-order valence-corrected chi connectivity index (χ2v) is 3.51. The van der Waals surface area contributed by atoms with Crippen molar-refractivity contribution in [3.8, 4) is 0 Å². The number of carbonyl (C=O) groups excluding carboxylic acids is 1. The molecule has 0 aromatic heterocycles. The predicted molar refractivity (Wildman–Crippen MR) is 55.1 cm³/mol. The van der Waals surface area contributed by atoms with Gasteiger partial charge >= 0.3 is 5.97 Å². The molecule has 1 aromatic rings. The monoisotopic (exact) mass is 205 g/mol. The number of carboxylic acid groups (broad SMARTS) is 1. The second-order valence-electron chi connectivity index (χ2n) is 3.51. The average molecular weight is 205 g/mol. The van der Waals surface area contributed by atoms with Crippen LogP contribution in [-0.2, 0) is 11.2 Å². The highest BCUT2D eigenvalue weighted by atomic mass is 16.4. The fraction of sp³-hybridized carbons (Fsp3) is 0.273. The molecule has 1 aromatic carbocycles. The van der Waals surface area contributed by atoms with E-state index in [0.29, 0.717) is 12.1 Å². The normalized spacial score (nSPS) is 14.5. The van der Waals surface area contributed by atoms with Crippen LogP contribution in [0.25, 0.3) is 0 Å². The first-order valence-electron chi connectivity index (χ1n) is 4.81. The zero-order valence-corrected chi connectivity index (χ0v) is 8.14. The van der Waals surface area contributed by atoms with Crippen molar-refractivity contribution >= 4 is 18.1 Å². The number of hydrogen-bond acceptors (Lipinski definition) is 2. The number of rotatable bonds is 2. The van der Waals surface area contributed by atoms with Crippen molar-refractivity contribution in [2.24, 2.45) is 0 Å². The Morgan fingerprint density at radius 1 is 1.47 bits per heavy atom. The number of benzene rings is 1. The van der Waals surface area contributed by atoms with Crippen LogP contribution in [0.1, 0.15) is 22.3 Å². The number of carboxylic acids is 1. The van der Waals surface area contributed by atoms with Crippen molar-refractivity contribution in [1.82, 2.24) is 0 Å². The van der Waals surface area contributed by atoms with E-state index in [1.807, 2.05) is 0 Å². The van der Waals surface area contributed by atoms with E-state index in [-0.39, 0.29) is 0 Å². The minimum atomic E-state index is -0.931. The van der Waals surface area contributed by atoms with E-state index in [9.17, 15) is 9.59 Å². The summed E-state index contributed by atoms with van der Waals surface area (Å²) in [4.78, 5) is 23.3. The molecule has 0 atom stereocenters. The molecule has 0 radical (unpaired) electrons. The fourth-order valence-corrected chi connectivity index (χ4v) is 1.96. The molecule has 2 rings (SSSR count). The van der Waals surface area contributed by atoms with Crippen molar-refractivity contribution in [1.29, 1.82) is 0 Å². The van der Waals surface area contributed by atoms with Crippen LogP contribution in [0.15, 0.2) is 18.2 Å². The minimum Gasteiger partial charge on any atom is -0.478 e. The molecular formula is C11H11NO3. The molecule has 0 unspecified atom stereocenters. The quantitative estimate of drug-likeness (QED) is 0.740. The van der Waals surface area contributed by atoms with E-state index in [4.69, 9.17) is 5.11 Å². The van der Waals surface area contributed by atoms with Crippen LogP contribution in [0.5, 0.6) is 0 Å². The molecule has 0 saturated carbocycles. The predicted octanol–water partition coefficient (Wildman–Crippen LogP) is 1.29. The van der Waals surface area contributed by atoms with Crippen LogP contribution < -0.4 is 4.90 Å².